The van der Waals surface area contributed by atoms with E-state index >= 15 is 0 Å². The summed E-state index contributed by atoms with van der Waals surface area (Å²) in [5.41, 5.74) is 5.69. The van der Waals surface area contributed by atoms with Crippen molar-refractivity contribution in [3.8, 4) is 0 Å². The molecule has 0 bridgehead atoms. The number of hydrogen-bond acceptors (Lipinski definition) is 4. The van der Waals surface area contributed by atoms with Crippen LogP contribution in [-0.4, -0.2) is 16.0 Å². The highest BCUT2D eigenvalue weighted by atomic mass is 79.9. The first-order valence-corrected chi connectivity index (χ1v) is 5.31. The van der Waals surface area contributed by atoms with Crippen LogP contribution in [0.3, 0.4) is 0 Å². The minimum absolute atomic E-state index is 0.0689. The largest absolute Gasteiger partial charge is 0.399 e. The Morgan fingerprint density at radius 3 is 2.73 bits per heavy atom. The van der Waals surface area contributed by atoms with E-state index in [0.29, 0.717) is 11.0 Å². The van der Waals surface area contributed by atoms with E-state index in [1.54, 1.807) is 0 Å². The Bertz CT molecular complexity index is 406. The van der Waals surface area contributed by atoms with E-state index in [9.17, 15) is 14.9 Å². The monoisotopic (exact) mass is 272 g/mol. The fraction of sp³-hybridized carbons (Fsp3) is 0.222. The van der Waals surface area contributed by atoms with Gasteiger partial charge in [-0.3, -0.25) is 14.9 Å². The van der Waals surface area contributed by atoms with Crippen molar-refractivity contribution in [1.29, 1.82) is 0 Å². The molecule has 0 heterocycles. The van der Waals surface area contributed by atoms with Gasteiger partial charge in [0.05, 0.1) is 10.5 Å². The van der Waals surface area contributed by atoms with Gasteiger partial charge in [0.25, 0.3) is 5.69 Å². The summed E-state index contributed by atoms with van der Waals surface area (Å²) in [5.74, 6) is -0.286. The predicted octanol–water partition coefficient (Wildman–Crippen LogP) is 2.14. The third-order valence-corrected chi connectivity index (χ3v) is 2.24. The average molecular weight is 273 g/mol. The first kappa shape index (κ1) is 11.6. The standard InChI is InChI=1S/C9H9BrN2O3/c10-4-3-9(13)7-5-6(11)1-2-8(7)12(14)15/h1-2,5H,3-4,11H2. The third-order valence-electron chi connectivity index (χ3n) is 1.84. The second-order valence-electron chi connectivity index (χ2n) is 2.90. The number of ketones is 1. The van der Waals surface area contributed by atoms with Crippen molar-refractivity contribution < 1.29 is 9.72 Å². The van der Waals surface area contributed by atoms with Crippen molar-refractivity contribution in [2.24, 2.45) is 0 Å². The number of nitrogens with zero attached hydrogens (tertiary/aromatic N) is 1. The molecule has 0 atom stereocenters. The number of nitrogen functional groups attached to an aromatic ring is 1. The number of carbonyl (C=O) groups excluding carboxylic acids is 1. The van der Waals surface area contributed by atoms with Crippen LogP contribution < -0.4 is 5.73 Å². The lowest BCUT2D eigenvalue weighted by Gasteiger charge is -2.01. The van der Waals surface area contributed by atoms with Gasteiger partial charge in [-0.1, -0.05) is 15.9 Å². The van der Waals surface area contributed by atoms with E-state index in [0.717, 1.165) is 0 Å². The van der Waals surface area contributed by atoms with Crippen molar-refractivity contribution in [1.82, 2.24) is 0 Å². The summed E-state index contributed by atoms with van der Waals surface area (Å²) in [6.07, 6.45) is 0.213. The molecule has 0 radical (unpaired) electrons. The normalized spacial score (nSPS) is 9.93. The SMILES string of the molecule is Nc1ccc([N+](=O)[O-])c(C(=O)CCBr)c1. The lowest BCUT2D eigenvalue weighted by atomic mass is 10.1. The van der Waals surface area contributed by atoms with E-state index in [1.807, 2.05) is 0 Å². The van der Waals surface area contributed by atoms with Gasteiger partial charge in [0.2, 0.25) is 0 Å². The number of carbonyl (C=O) groups is 1. The number of halogens is 1. The summed E-state index contributed by atoms with van der Waals surface area (Å²) < 4.78 is 0. The zero-order chi connectivity index (χ0) is 11.4. The van der Waals surface area contributed by atoms with E-state index in [2.05, 4.69) is 15.9 Å². The van der Waals surface area contributed by atoms with Gasteiger partial charge in [-0.15, -0.1) is 0 Å². The van der Waals surface area contributed by atoms with Crippen molar-refractivity contribution in [3.63, 3.8) is 0 Å². The summed E-state index contributed by atoms with van der Waals surface area (Å²) in [7, 11) is 0. The number of nitro groups is 1. The molecule has 1 aromatic carbocycles. The summed E-state index contributed by atoms with van der Waals surface area (Å²) in [6.45, 7) is 0. The molecular weight excluding hydrogens is 264 g/mol. The fourth-order valence-electron chi connectivity index (χ4n) is 1.16. The van der Waals surface area contributed by atoms with Crippen molar-refractivity contribution in [2.75, 3.05) is 11.1 Å². The molecule has 0 fully saturated rings. The van der Waals surface area contributed by atoms with E-state index in [-0.39, 0.29) is 23.5 Å². The summed E-state index contributed by atoms with van der Waals surface area (Å²) in [4.78, 5) is 21.6. The number of alkyl halides is 1. The smallest absolute Gasteiger partial charge is 0.280 e. The van der Waals surface area contributed by atoms with Crippen LogP contribution >= 0.6 is 15.9 Å². The zero-order valence-electron chi connectivity index (χ0n) is 7.77. The Morgan fingerprint density at radius 2 is 2.20 bits per heavy atom. The van der Waals surface area contributed by atoms with E-state index in [4.69, 9.17) is 5.73 Å². The molecule has 80 valence electrons. The topological polar surface area (TPSA) is 86.2 Å². The Hall–Kier alpha value is -1.43. The first-order valence-electron chi connectivity index (χ1n) is 4.19. The van der Waals surface area contributed by atoms with Crippen LogP contribution in [0, 0.1) is 10.1 Å². The van der Waals surface area contributed by atoms with Crippen LogP contribution in [0.15, 0.2) is 18.2 Å². The Balaban J connectivity index is 3.18. The molecule has 6 heteroatoms. The molecule has 0 aliphatic carbocycles. The van der Waals surface area contributed by atoms with Crippen LogP contribution in [0.25, 0.3) is 0 Å². The number of rotatable bonds is 4. The molecule has 0 aromatic heterocycles. The lowest BCUT2D eigenvalue weighted by Crippen LogP contribution is -2.05. The molecule has 0 spiro atoms. The zero-order valence-corrected chi connectivity index (χ0v) is 9.36. The minimum atomic E-state index is -0.582. The van der Waals surface area contributed by atoms with Crippen LogP contribution in [0.1, 0.15) is 16.8 Å². The average Bonchev–Trinajstić information content (AvgIpc) is 2.17. The second-order valence-corrected chi connectivity index (χ2v) is 3.69. The van der Waals surface area contributed by atoms with E-state index in [1.165, 1.54) is 18.2 Å². The third kappa shape index (κ3) is 2.76. The maximum absolute atomic E-state index is 11.5. The molecule has 0 amide bonds. The minimum Gasteiger partial charge on any atom is -0.399 e. The molecule has 2 N–H and O–H groups in total. The van der Waals surface area contributed by atoms with Crippen molar-refractivity contribution in [2.45, 2.75) is 6.42 Å². The molecule has 0 saturated heterocycles. The summed E-state index contributed by atoms with van der Waals surface area (Å²) in [5, 5.41) is 11.1. The maximum Gasteiger partial charge on any atom is 0.280 e. The highest BCUT2D eigenvalue weighted by Crippen LogP contribution is 2.22. The van der Waals surface area contributed by atoms with E-state index < -0.39 is 4.92 Å². The molecule has 0 saturated carbocycles. The quantitative estimate of drug-likeness (QED) is 0.299. The Kier molecular flexibility index (Phi) is 3.79. The van der Waals surface area contributed by atoms with Gasteiger partial charge in [0.15, 0.2) is 5.78 Å². The summed E-state index contributed by atoms with van der Waals surface area (Å²) >= 11 is 3.11. The predicted molar refractivity (Wildman–Crippen MR) is 60.3 cm³/mol. The van der Waals surface area contributed by atoms with Crippen molar-refractivity contribution in [3.05, 3.63) is 33.9 Å². The van der Waals surface area contributed by atoms with Crippen molar-refractivity contribution >= 4 is 33.1 Å². The van der Waals surface area contributed by atoms with Crippen LogP contribution in [-0.2, 0) is 0 Å². The number of Topliss-reactive ketones (excluding diaryl/α,β-unsaturated/α-hetero) is 1. The Labute approximate surface area is 94.5 Å². The number of nitro benzene ring substituents is 1. The highest BCUT2D eigenvalue weighted by Gasteiger charge is 2.19. The molecule has 0 aliphatic heterocycles. The molecule has 5 nitrogen and oxygen atoms in total. The van der Waals surface area contributed by atoms with Crippen LogP contribution in [0.2, 0.25) is 0 Å². The second kappa shape index (κ2) is 4.88. The van der Waals surface area contributed by atoms with Crippen LogP contribution in [0.5, 0.6) is 0 Å². The number of benzene rings is 1. The molecule has 1 rings (SSSR count). The Morgan fingerprint density at radius 1 is 1.53 bits per heavy atom. The van der Waals surface area contributed by atoms with Gasteiger partial charge in [-0.2, -0.15) is 0 Å². The number of hydrogen-bond donors (Lipinski definition) is 1. The number of anilines is 1. The van der Waals surface area contributed by atoms with Gasteiger partial charge in [0.1, 0.15) is 0 Å². The fourth-order valence-corrected chi connectivity index (χ4v) is 1.52. The van der Waals surface area contributed by atoms with Gasteiger partial charge < -0.3 is 5.73 Å². The lowest BCUT2D eigenvalue weighted by molar-refractivity contribution is -0.385. The highest BCUT2D eigenvalue weighted by molar-refractivity contribution is 9.09. The molecular formula is C9H9BrN2O3. The number of nitrogens with two attached hydrogens (primary N) is 1. The van der Waals surface area contributed by atoms with Gasteiger partial charge >= 0.3 is 0 Å². The molecule has 0 aliphatic rings. The molecule has 15 heavy (non-hydrogen) atoms. The first-order chi connectivity index (χ1) is 7.06. The summed E-state index contributed by atoms with van der Waals surface area (Å²) in [6, 6.07) is 3.99. The molecule has 0 unspecified atom stereocenters. The van der Waals surface area contributed by atoms with Gasteiger partial charge in [-0.05, 0) is 12.1 Å². The van der Waals surface area contributed by atoms with Crippen LogP contribution in [0.4, 0.5) is 11.4 Å². The van der Waals surface area contributed by atoms with Gasteiger partial charge in [-0.25, -0.2) is 0 Å². The maximum atomic E-state index is 11.5. The molecule has 1 aromatic rings. The van der Waals surface area contributed by atoms with Gasteiger partial charge in [0, 0.05) is 23.5 Å².